The van der Waals surface area contributed by atoms with Gasteiger partial charge in [-0.05, 0) is 18.2 Å². The number of halogens is 4. The van der Waals surface area contributed by atoms with Crippen LogP contribution in [0, 0.1) is 0 Å². The predicted octanol–water partition coefficient (Wildman–Crippen LogP) is 1.73. The first-order valence-electron chi connectivity index (χ1n) is 5.18. The van der Waals surface area contributed by atoms with Gasteiger partial charge in [0.1, 0.15) is 12.4 Å². The number of ether oxygens (including phenoxy) is 1. The number of hydrogen-bond donors (Lipinski definition) is 1. The molecule has 0 fully saturated rings. The highest BCUT2D eigenvalue weighted by Gasteiger charge is 2.41. The van der Waals surface area contributed by atoms with Gasteiger partial charge in [-0.2, -0.15) is 13.2 Å². The molecule has 1 heterocycles. The second kappa shape index (κ2) is 4.81. The van der Waals surface area contributed by atoms with E-state index in [1.54, 1.807) is 5.32 Å². The second-order valence-electron chi connectivity index (χ2n) is 3.97. The van der Waals surface area contributed by atoms with E-state index in [0.717, 1.165) is 12.1 Å². The first-order valence-corrected chi connectivity index (χ1v) is 7.49. The quantitative estimate of drug-likeness (QED) is 0.839. The predicted molar refractivity (Wildman–Crippen MR) is 61.9 cm³/mol. The first-order chi connectivity index (χ1) is 9.09. The fourth-order valence-electron chi connectivity index (χ4n) is 1.70. The average Bonchev–Trinajstić information content (AvgIpc) is 2.69. The number of nitrogens with one attached hydrogen (secondary N) is 1. The Morgan fingerprint density at radius 1 is 1.40 bits per heavy atom. The van der Waals surface area contributed by atoms with Crippen LogP contribution in [0.4, 0.5) is 13.2 Å². The summed E-state index contributed by atoms with van der Waals surface area (Å²) in [5.41, 5.74) is 0.129. The van der Waals surface area contributed by atoms with Gasteiger partial charge in [0.15, 0.2) is 0 Å². The van der Waals surface area contributed by atoms with Crippen LogP contribution >= 0.6 is 10.7 Å². The fourth-order valence-corrected chi connectivity index (χ4v) is 2.49. The van der Waals surface area contributed by atoms with E-state index in [1.807, 2.05) is 0 Å². The van der Waals surface area contributed by atoms with Gasteiger partial charge in [-0.15, -0.1) is 0 Å². The van der Waals surface area contributed by atoms with Crippen LogP contribution in [0.1, 0.15) is 11.6 Å². The van der Waals surface area contributed by atoms with Gasteiger partial charge in [0.05, 0.1) is 10.9 Å². The Kier molecular flexibility index (Phi) is 3.59. The normalized spacial score (nSPS) is 18.3. The van der Waals surface area contributed by atoms with Gasteiger partial charge in [-0.1, -0.05) is 0 Å². The highest BCUT2D eigenvalue weighted by atomic mass is 35.7. The highest BCUT2D eigenvalue weighted by molar-refractivity contribution is 8.13. The van der Waals surface area contributed by atoms with Crippen molar-refractivity contribution >= 4 is 25.6 Å². The van der Waals surface area contributed by atoms with Crippen molar-refractivity contribution in [2.24, 2.45) is 0 Å². The van der Waals surface area contributed by atoms with Crippen LogP contribution in [-0.2, 0) is 13.8 Å². The average molecular weight is 330 g/mol. The van der Waals surface area contributed by atoms with Crippen molar-refractivity contribution in [3.05, 3.63) is 23.8 Å². The Balaban J connectivity index is 2.30. The molecule has 0 aromatic heterocycles. The molecule has 2 rings (SSSR count). The van der Waals surface area contributed by atoms with Crippen molar-refractivity contribution in [3.8, 4) is 5.75 Å². The van der Waals surface area contributed by atoms with E-state index in [-0.39, 0.29) is 22.8 Å². The van der Waals surface area contributed by atoms with Crippen molar-refractivity contribution in [2.75, 3.05) is 6.61 Å². The Hall–Kier alpha value is -1.48. The van der Waals surface area contributed by atoms with Gasteiger partial charge in [0.25, 0.3) is 9.05 Å². The third kappa shape index (κ3) is 2.98. The molecule has 1 aliphatic heterocycles. The molecule has 10 heteroatoms. The van der Waals surface area contributed by atoms with E-state index < -0.39 is 27.2 Å². The number of fused-ring (bicyclic) bond motifs is 1. The molecule has 1 amide bonds. The Bertz CT molecular complexity index is 659. The number of alkyl halides is 3. The molecule has 0 spiro atoms. The van der Waals surface area contributed by atoms with Crippen molar-refractivity contribution in [2.45, 2.75) is 17.1 Å². The van der Waals surface area contributed by atoms with Crippen LogP contribution in [0.2, 0.25) is 0 Å². The van der Waals surface area contributed by atoms with Crippen LogP contribution < -0.4 is 10.1 Å². The van der Waals surface area contributed by atoms with E-state index in [1.165, 1.54) is 6.07 Å². The maximum absolute atomic E-state index is 12.2. The molecule has 110 valence electrons. The standard InChI is InChI=1S/C10H7ClF3NO4S/c11-20(17,18)5-1-2-8-6(3-5)7(4-19-8)15-9(16)10(12,13)14/h1-3,7H,4H2,(H,15,16). The van der Waals surface area contributed by atoms with Crippen LogP contribution in [0.15, 0.2) is 23.1 Å². The first kappa shape index (κ1) is 14.9. The summed E-state index contributed by atoms with van der Waals surface area (Å²) >= 11 is 0. The third-order valence-corrected chi connectivity index (χ3v) is 3.96. The molecule has 0 saturated carbocycles. The lowest BCUT2D eigenvalue weighted by molar-refractivity contribution is -0.174. The largest absolute Gasteiger partial charge is 0.491 e. The van der Waals surface area contributed by atoms with Crippen LogP contribution in [0.25, 0.3) is 0 Å². The second-order valence-corrected chi connectivity index (χ2v) is 6.54. The molecule has 5 nitrogen and oxygen atoms in total. The molecule has 1 N–H and O–H groups in total. The minimum atomic E-state index is -5.03. The molecular weight excluding hydrogens is 323 g/mol. The monoisotopic (exact) mass is 329 g/mol. The van der Waals surface area contributed by atoms with Crippen LogP contribution in [-0.4, -0.2) is 27.1 Å². The number of rotatable bonds is 2. The van der Waals surface area contributed by atoms with E-state index in [9.17, 15) is 26.4 Å². The van der Waals surface area contributed by atoms with Gasteiger partial charge in [0, 0.05) is 16.2 Å². The maximum atomic E-state index is 12.2. The Morgan fingerprint density at radius 3 is 2.60 bits per heavy atom. The van der Waals surface area contributed by atoms with Crippen LogP contribution in [0.3, 0.4) is 0 Å². The van der Waals surface area contributed by atoms with E-state index in [2.05, 4.69) is 0 Å². The lowest BCUT2D eigenvalue weighted by Crippen LogP contribution is -2.39. The molecule has 0 bridgehead atoms. The van der Waals surface area contributed by atoms with Gasteiger partial charge in [-0.25, -0.2) is 8.42 Å². The maximum Gasteiger partial charge on any atom is 0.471 e. The molecule has 1 aliphatic rings. The van der Waals surface area contributed by atoms with Crippen molar-refractivity contribution in [3.63, 3.8) is 0 Å². The summed E-state index contributed by atoms with van der Waals surface area (Å²) in [6, 6.07) is 2.42. The number of amides is 1. The van der Waals surface area contributed by atoms with Crippen molar-refractivity contribution < 1.29 is 31.1 Å². The molecule has 20 heavy (non-hydrogen) atoms. The minimum absolute atomic E-state index is 0.129. The molecule has 1 unspecified atom stereocenters. The lowest BCUT2D eigenvalue weighted by Gasteiger charge is -2.13. The van der Waals surface area contributed by atoms with Gasteiger partial charge < -0.3 is 10.1 Å². The summed E-state index contributed by atoms with van der Waals surface area (Å²) < 4.78 is 64.0. The molecule has 1 aromatic carbocycles. The van der Waals surface area contributed by atoms with Crippen molar-refractivity contribution in [1.82, 2.24) is 5.32 Å². The smallest absolute Gasteiger partial charge is 0.471 e. The molecular formula is C10H7ClF3NO4S. The van der Waals surface area contributed by atoms with Gasteiger partial charge in [0.2, 0.25) is 0 Å². The number of hydrogen-bond acceptors (Lipinski definition) is 4. The van der Waals surface area contributed by atoms with E-state index >= 15 is 0 Å². The third-order valence-electron chi connectivity index (χ3n) is 2.61. The fraction of sp³-hybridized carbons (Fsp3) is 0.300. The van der Waals surface area contributed by atoms with E-state index in [0.29, 0.717) is 0 Å². The topological polar surface area (TPSA) is 72.5 Å². The summed E-state index contributed by atoms with van der Waals surface area (Å²) in [6.07, 6.45) is -5.03. The van der Waals surface area contributed by atoms with Gasteiger partial charge in [-0.3, -0.25) is 4.79 Å². The zero-order valence-corrected chi connectivity index (χ0v) is 11.1. The molecule has 1 atom stereocenters. The summed E-state index contributed by atoms with van der Waals surface area (Å²) in [5, 5.41) is 1.73. The number of benzene rings is 1. The zero-order chi connectivity index (χ0) is 15.1. The SMILES string of the molecule is O=C(NC1COc2ccc(S(=O)(=O)Cl)cc21)C(F)(F)F. The summed E-state index contributed by atoms with van der Waals surface area (Å²) in [6.45, 7) is -0.219. The summed E-state index contributed by atoms with van der Waals surface area (Å²) in [7, 11) is 1.13. The highest BCUT2D eigenvalue weighted by Crippen LogP contribution is 2.35. The summed E-state index contributed by atoms with van der Waals surface area (Å²) in [5.74, 6) is -1.93. The Labute approximate surface area is 116 Å². The number of carbonyl (C=O) groups is 1. The molecule has 1 aromatic rings. The van der Waals surface area contributed by atoms with Crippen molar-refractivity contribution in [1.29, 1.82) is 0 Å². The van der Waals surface area contributed by atoms with Crippen LogP contribution in [0.5, 0.6) is 5.75 Å². The Morgan fingerprint density at radius 2 is 2.05 bits per heavy atom. The van der Waals surface area contributed by atoms with Gasteiger partial charge >= 0.3 is 12.1 Å². The minimum Gasteiger partial charge on any atom is -0.491 e. The lowest BCUT2D eigenvalue weighted by atomic mass is 10.1. The summed E-state index contributed by atoms with van der Waals surface area (Å²) in [4.78, 5) is 10.6. The molecule has 0 radical (unpaired) electrons. The molecule has 0 aliphatic carbocycles. The zero-order valence-electron chi connectivity index (χ0n) is 9.57. The number of carbonyl (C=O) groups excluding carboxylic acids is 1. The van der Waals surface area contributed by atoms with E-state index in [4.69, 9.17) is 15.4 Å². The molecule has 0 saturated heterocycles.